The SMILES string of the molecule is C=C(CC)C(C)(C)N. The van der Waals surface area contributed by atoms with Gasteiger partial charge >= 0.3 is 0 Å². The zero-order valence-corrected chi connectivity index (χ0v) is 5.99. The third-order valence-corrected chi connectivity index (χ3v) is 1.34. The van der Waals surface area contributed by atoms with E-state index in [2.05, 4.69) is 13.5 Å². The molecular weight excluding hydrogens is 98.1 g/mol. The second-order valence-electron chi connectivity index (χ2n) is 2.68. The molecule has 1 heteroatoms. The van der Waals surface area contributed by atoms with Gasteiger partial charge in [0, 0.05) is 5.54 Å². The summed E-state index contributed by atoms with van der Waals surface area (Å²) in [5.41, 5.74) is 6.61. The minimum Gasteiger partial charge on any atom is -0.322 e. The van der Waals surface area contributed by atoms with Crippen molar-refractivity contribution in [1.29, 1.82) is 0 Å². The maximum Gasteiger partial charge on any atom is 0.0308 e. The zero-order valence-electron chi connectivity index (χ0n) is 5.99. The van der Waals surface area contributed by atoms with Crippen molar-refractivity contribution in [1.82, 2.24) is 0 Å². The van der Waals surface area contributed by atoms with E-state index < -0.39 is 0 Å². The van der Waals surface area contributed by atoms with E-state index in [4.69, 9.17) is 5.73 Å². The predicted octanol–water partition coefficient (Wildman–Crippen LogP) is 1.69. The van der Waals surface area contributed by atoms with Crippen LogP contribution in [0.25, 0.3) is 0 Å². The minimum absolute atomic E-state index is 0.186. The van der Waals surface area contributed by atoms with Crippen LogP contribution in [0.15, 0.2) is 12.2 Å². The van der Waals surface area contributed by atoms with Crippen LogP contribution in [0.4, 0.5) is 0 Å². The molecule has 0 heterocycles. The summed E-state index contributed by atoms with van der Waals surface area (Å²) in [5.74, 6) is 0. The first-order valence-electron chi connectivity index (χ1n) is 2.95. The normalized spacial score (nSPS) is 11.5. The number of hydrogen-bond donors (Lipinski definition) is 1. The molecule has 0 aromatic heterocycles. The van der Waals surface area contributed by atoms with E-state index in [0.29, 0.717) is 0 Å². The lowest BCUT2D eigenvalue weighted by atomic mass is 9.95. The molecule has 8 heavy (non-hydrogen) atoms. The molecule has 0 aliphatic rings. The van der Waals surface area contributed by atoms with E-state index in [0.717, 1.165) is 12.0 Å². The molecule has 2 N–H and O–H groups in total. The van der Waals surface area contributed by atoms with Gasteiger partial charge in [-0.1, -0.05) is 19.1 Å². The fourth-order valence-corrected chi connectivity index (χ4v) is 0.456. The van der Waals surface area contributed by atoms with Crippen molar-refractivity contribution in [2.24, 2.45) is 5.73 Å². The van der Waals surface area contributed by atoms with Crippen molar-refractivity contribution in [2.75, 3.05) is 0 Å². The minimum atomic E-state index is -0.186. The van der Waals surface area contributed by atoms with Crippen LogP contribution in [0.3, 0.4) is 0 Å². The fraction of sp³-hybridized carbons (Fsp3) is 0.714. The van der Waals surface area contributed by atoms with Gasteiger partial charge in [0.25, 0.3) is 0 Å². The summed E-state index contributed by atoms with van der Waals surface area (Å²) in [6, 6.07) is 0. The Balaban J connectivity index is 3.82. The highest BCUT2D eigenvalue weighted by molar-refractivity contribution is 5.10. The lowest BCUT2D eigenvalue weighted by Gasteiger charge is -2.19. The Labute approximate surface area is 51.6 Å². The zero-order chi connectivity index (χ0) is 6.78. The largest absolute Gasteiger partial charge is 0.322 e. The van der Waals surface area contributed by atoms with Crippen molar-refractivity contribution in [2.45, 2.75) is 32.7 Å². The van der Waals surface area contributed by atoms with Crippen LogP contribution in [0.2, 0.25) is 0 Å². The standard InChI is InChI=1S/C7H15N/c1-5-6(2)7(3,4)8/h2,5,8H2,1,3-4H3. The Morgan fingerprint density at radius 3 is 2.00 bits per heavy atom. The van der Waals surface area contributed by atoms with Gasteiger partial charge in [-0.2, -0.15) is 0 Å². The molecule has 1 nitrogen and oxygen atoms in total. The van der Waals surface area contributed by atoms with Crippen molar-refractivity contribution < 1.29 is 0 Å². The van der Waals surface area contributed by atoms with Crippen LogP contribution < -0.4 is 5.73 Å². The van der Waals surface area contributed by atoms with E-state index in [1.54, 1.807) is 0 Å². The van der Waals surface area contributed by atoms with Gasteiger partial charge in [0.15, 0.2) is 0 Å². The summed E-state index contributed by atoms with van der Waals surface area (Å²) in [7, 11) is 0. The van der Waals surface area contributed by atoms with Crippen molar-refractivity contribution in [3.63, 3.8) is 0 Å². The van der Waals surface area contributed by atoms with Gasteiger partial charge in [-0.3, -0.25) is 0 Å². The molecule has 0 fully saturated rings. The highest BCUT2D eigenvalue weighted by Crippen LogP contribution is 2.12. The third-order valence-electron chi connectivity index (χ3n) is 1.34. The molecule has 0 spiro atoms. The molecule has 0 saturated heterocycles. The van der Waals surface area contributed by atoms with Crippen LogP contribution in [0.5, 0.6) is 0 Å². The van der Waals surface area contributed by atoms with E-state index in [1.807, 2.05) is 13.8 Å². The highest BCUT2D eigenvalue weighted by Gasteiger charge is 2.11. The maximum absolute atomic E-state index is 5.69. The predicted molar refractivity (Wildman–Crippen MR) is 37.7 cm³/mol. The van der Waals surface area contributed by atoms with E-state index in [1.165, 1.54) is 0 Å². The molecule has 0 amide bonds. The summed E-state index contributed by atoms with van der Waals surface area (Å²) in [6.45, 7) is 9.83. The summed E-state index contributed by atoms with van der Waals surface area (Å²) in [5, 5.41) is 0. The molecule has 0 saturated carbocycles. The maximum atomic E-state index is 5.69. The third kappa shape index (κ3) is 2.12. The molecular formula is C7H15N. The average Bonchev–Trinajstić information content (AvgIpc) is 1.62. The highest BCUT2D eigenvalue weighted by atomic mass is 14.7. The lowest BCUT2D eigenvalue weighted by Crippen LogP contribution is -2.33. The van der Waals surface area contributed by atoms with Gasteiger partial charge in [-0.05, 0) is 20.3 Å². The van der Waals surface area contributed by atoms with Gasteiger partial charge < -0.3 is 5.73 Å². The second-order valence-corrected chi connectivity index (χ2v) is 2.68. The summed E-state index contributed by atoms with van der Waals surface area (Å²) < 4.78 is 0. The first-order valence-corrected chi connectivity index (χ1v) is 2.95. The van der Waals surface area contributed by atoms with Crippen LogP contribution in [-0.2, 0) is 0 Å². The van der Waals surface area contributed by atoms with Crippen LogP contribution in [0.1, 0.15) is 27.2 Å². The van der Waals surface area contributed by atoms with E-state index >= 15 is 0 Å². The van der Waals surface area contributed by atoms with Gasteiger partial charge in [0.2, 0.25) is 0 Å². The number of rotatable bonds is 2. The van der Waals surface area contributed by atoms with Crippen LogP contribution in [-0.4, -0.2) is 5.54 Å². The summed E-state index contributed by atoms with van der Waals surface area (Å²) in [4.78, 5) is 0. The van der Waals surface area contributed by atoms with Crippen molar-refractivity contribution in [3.8, 4) is 0 Å². The molecule has 0 aliphatic carbocycles. The molecule has 0 atom stereocenters. The Bertz CT molecular complexity index is 87.1. The summed E-state index contributed by atoms with van der Waals surface area (Å²) in [6.07, 6.45) is 0.976. The molecule has 0 rings (SSSR count). The lowest BCUT2D eigenvalue weighted by molar-refractivity contribution is 0.594. The van der Waals surface area contributed by atoms with Gasteiger partial charge in [-0.15, -0.1) is 0 Å². The van der Waals surface area contributed by atoms with Crippen LogP contribution in [0, 0.1) is 0 Å². The van der Waals surface area contributed by atoms with E-state index in [-0.39, 0.29) is 5.54 Å². The molecule has 0 aromatic carbocycles. The first-order chi connectivity index (χ1) is 3.48. The van der Waals surface area contributed by atoms with E-state index in [9.17, 15) is 0 Å². The first kappa shape index (κ1) is 7.70. The number of hydrogen-bond acceptors (Lipinski definition) is 1. The average molecular weight is 113 g/mol. The molecule has 0 aliphatic heterocycles. The Morgan fingerprint density at radius 2 is 2.00 bits per heavy atom. The van der Waals surface area contributed by atoms with Gasteiger partial charge in [0.1, 0.15) is 0 Å². The molecule has 48 valence electrons. The quantitative estimate of drug-likeness (QED) is 0.542. The smallest absolute Gasteiger partial charge is 0.0308 e. The van der Waals surface area contributed by atoms with Crippen molar-refractivity contribution in [3.05, 3.63) is 12.2 Å². The monoisotopic (exact) mass is 113 g/mol. The van der Waals surface area contributed by atoms with Crippen LogP contribution >= 0.6 is 0 Å². The fourth-order valence-electron chi connectivity index (χ4n) is 0.456. The second kappa shape index (κ2) is 2.31. The van der Waals surface area contributed by atoms with Gasteiger partial charge in [-0.25, -0.2) is 0 Å². The summed E-state index contributed by atoms with van der Waals surface area (Å²) >= 11 is 0. The molecule has 0 unspecified atom stereocenters. The van der Waals surface area contributed by atoms with Crippen molar-refractivity contribution >= 4 is 0 Å². The Morgan fingerprint density at radius 1 is 1.62 bits per heavy atom. The molecule has 0 aromatic rings. The Hall–Kier alpha value is -0.300. The Kier molecular flexibility index (Phi) is 2.23. The molecule has 0 radical (unpaired) electrons. The van der Waals surface area contributed by atoms with Gasteiger partial charge in [0.05, 0.1) is 0 Å². The molecule has 0 bridgehead atoms. The topological polar surface area (TPSA) is 26.0 Å². The number of nitrogens with two attached hydrogens (primary N) is 1.